The van der Waals surface area contributed by atoms with Crippen LogP contribution in [0, 0.1) is 10.1 Å². The van der Waals surface area contributed by atoms with Gasteiger partial charge in [-0.3, -0.25) is 14.9 Å². The van der Waals surface area contributed by atoms with Crippen molar-refractivity contribution in [2.45, 2.75) is 31.3 Å². The van der Waals surface area contributed by atoms with Crippen molar-refractivity contribution in [3.8, 4) is 5.75 Å². The largest absolute Gasteiger partial charge is 0.480 e. The highest BCUT2D eigenvalue weighted by atomic mass is 79.9. The molecule has 1 aromatic rings. The first kappa shape index (κ1) is 14.8. The summed E-state index contributed by atoms with van der Waals surface area (Å²) < 4.78 is 11.1. The van der Waals surface area contributed by atoms with Crippen LogP contribution in [-0.2, 0) is 9.53 Å². The van der Waals surface area contributed by atoms with Crippen LogP contribution >= 0.6 is 15.9 Å². The summed E-state index contributed by atoms with van der Waals surface area (Å²) in [7, 11) is 1.32. The third-order valence-electron chi connectivity index (χ3n) is 3.40. The Kier molecular flexibility index (Phi) is 4.27. The van der Waals surface area contributed by atoms with Crippen LogP contribution in [0.15, 0.2) is 22.7 Å². The Morgan fingerprint density at radius 2 is 2.20 bits per heavy atom. The third-order valence-corrected chi connectivity index (χ3v) is 3.90. The van der Waals surface area contributed by atoms with E-state index in [0.717, 1.165) is 6.42 Å². The second-order valence-corrected chi connectivity index (χ2v) is 5.68. The van der Waals surface area contributed by atoms with E-state index in [-0.39, 0.29) is 23.8 Å². The maximum Gasteiger partial charge on any atom is 0.312 e. The molecule has 1 aliphatic rings. The van der Waals surface area contributed by atoms with Crippen LogP contribution in [-0.4, -0.2) is 23.6 Å². The molecule has 0 aromatic heterocycles. The summed E-state index contributed by atoms with van der Waals surface area (Å²) >= 11 is 3.19. The fraction of sp³-hybridized carbons (Fsp3) is 0.462. The van der Waals surface area contributed by atoms with Crippen LogP contribution in [0.3, 0.4) is 0 Å². The highest BCUT2D eigenvalue weighted by molar-refractivity contribution is 9.10. The minimum absolute atomic E-state index is 0.108. The Hall–Kier alpha value is -1.63. The van der Waals surface area contributed by atoms with E-state index in [1.54, 1.807) is 12.1 Å². The summed E-state index contributed by atoms with van der Waals surface area (Å²) in [6, 6.07) is 4.60. The molecular formula is C13H14BrNO5. The van der Waals surface area contributed by atoms with Crippen molar-refractivity contribution in [1.82, 2.24) is 0 Å². The van der Waals surface area contributed by atoms with Crippen LogP contribution in [0.1, 0.15) is 25.7 Å². The molecule has 0 N–H and O–H groups in total. The SMILES string of the molecule is COC(=O)CC1(Oc2ccc(Br)cc2[N+](=O)[O-])CCC1. The molecule has 1 fully saturated rings. The van der Waals surface area contributed by atoms with E-state index in [9.17, 15) is 14.9 Å². The number of ether oxygens (including phenoxy) is 2. The summed E-state index contributed by atoms with van der Waals surface area (Å²) in [5.41, 5.74) is -0.790. The van der Waals surface area contributed by atoms with Crippen molar-refractivity contribution < 1.29 is 19.2 Å². The number of hydrogen-bond acceptors (Lipinski definition) is 5. The van der Waals surface area contributed by atoms with Gasteiger partial charge in [0.15, 0.2) is 5.75 Å². The molecule has 1 aliphatic carbocycles. The molecule has 0 atom stereocenters. The zero-order chi connectivity index (χ0) is 14.8. The summed E-state index contributed by atoms with van der Waals surface area (Å²) in [4.78, 5) is 22.0. The van der Waals surface area contributed by atoms with E-state index < -0.39 is 10.5 Å². The topological polar surface area (TPSA) is 78.7 Å². The number of carbonyl (C=O) groups is 1. The van der Waals surface area contributed by atoms with Crippen LogP contribution in [0.4, 0.5) is 5.69 Å². The molecular weight excluding hydrogens is 330 g/mol. The summed E-state index contributed by atoms with van der Waals surface area (Å²) in [5, 5.41) is 11.1. The first-order chi connectivity index (χ1) is 9.46. The van der Waals surface area contributed by atoms with E-state index in [4.69, 9.17) is 4.74 Å². The van der Waals surface area contributed by atoms with Crippen LogP contribution in [0.5, 0.6) is 5.75 Å². The van der Waals surface area contributed by atoms with E-state index in [1.165, 1.54) is 13.2 Å². The average Bonchev–Trinajstić information content (AvgIpc) is 2.37. The molecule has 1 aromatic carbocycles. The molecule has 0 spiro atoms. The number of nitro benzene ring substituents is 1. The fourth-order valence-corrected chi connectivity index (χ4v) is 2.52. The maximum absolute atomic E-state index is 11.4. The van der Waals surface area contributed by atoms with E-state index in [2.05, 4.69) is 20.7 Å². The van der Waals surface area contributed by atoms with Gasteiger partial charge in [0.1, 0.15) is 5.60 Å². The van der Waals surface area contributed by atoms with Crippen molar-refractivity contribution in [1.29, 1.82) is 0 Å². The monoisotopic (exact) mass is 343 g/mol. The van der Waals surface area contributed by atoms with Crippen molar-refractivity contribution in [2.75, 3.05) is 7.11 Å². The van der Waals surface area contributed by atoms with Gasteiger partial charge in [-0.15, -0.1) is 0 Å². The molecule has 0 aliphatic heterocycles. The number of esters is 1. The average molecular weight is 344 g/mol. The Morgan fingerprint density at radius 3 is 2.70 bits per heavy atom. The number of hydrogen-bond donors (Lipinski definition) is 0. The molecule has 1 saturated carbocycles. The number of nitro groups is 1. The molecule has 0 saturated heterocycles. The minimum atomic E-state index is -0.675. The van der Waals surface area contributed by atoms with Crippen LogP contribution in [0.2, 0.25) is 0 Å². The van der Waals surface area contributed by atoms with E-state index in [1.807, 2.05) is 0 Å². The molecule has 0 heterocycles. The number of rotatable bonds is 5. The molecule has 0 unspecified atom stereocenters. The fourth-order valence-electron chi connectivity index (χ4n) is 2.17. The lowest BCUT2D eigenvalue weighted by molar-refractivity contribution is -0.386. The van der Waals surface area contributed by atoms with Gasteiger partial charge in [0.25, 0.3) is 0 Å². The van der Waals surface area contributed by atoms with Gasteiger partial charge in [-0.2, -0.15) is 0 Å². The van der Waals surface area contributed by atoms with Crippen LogP contribution in [0.25, 0.3) is 0 Å². The van der Waals surface area contributed by atoms with Crippen LogP contribution < -0.4 is 4.74 Å². The predicted octanol–water partition coefficient (Wildman–Crippen LogP) is 3.22. The first-order valence-corrected chi connectivity index (χ1v) is 6.95. The number of nitrogens with zero attached hydrogens (tertiary/aromatic N) is 1. The second kappa shape index (κ2) is 5.78. The predicted molar refractivity (Wildman–Crippen MR) is 74.6 cm³/mol. The van der Waals surface area contributed by atoms with E-state index in [0.29, 0.717) is 17.3 Å². The smallest absolute Gasteiger partial charge is 0.312 e. The van der Waals surface area contributed by atoms with Gasteiger partial charge in [0.05, 0.1) is 18.5 Å². The number of methoxy groups -OCH3 is 1. The minimum Gasteiger partial charge on any atom is -0.480 e. The zero-order valence-corrected chi connectivity index (χ0v) is 12.5. The molecule has 2 rings (SSSR count). The van der Waals surface area contributed by atoms with Gasteiger partial charge in [-0.05, 0) is 31.4 Å². The number of carbonyl (C=O) groups excluding carboxylic acids is 1. The lowest BCUT2D eigenvalue weighted by Crippen LogP contribution is -2.45. The number of halogens is 1. The van der Waals surface area contributed by atoms with E-state index >= 15 is 0 Å². The molecule has 7 heteroatoms. The first-order valence-electron chi connectivity index (χ1n) is 6.15. The zero-order valence-electron chi connectivity index (χ0n) is 10.9. The highest BCUT2D eigenvalue weighted by Crippen LogP contribution is 2.42. The molecule has 0 bridgehead atoms. The molecule has 0 radical (unpaired) electrons. The summed E-state index contributed by atoms with van der Waals surface area (Å²) in [5.74, 6) is -0.189. The van der Waals surface area contributed by atoms with Gasteiger partial charge in [0.2, 0.25) is 0 Å². The number of benzene rings is 1. The van der Waals surface area contributed by atoms with Crippen molar-refractivity contribution >= 4 is 27.6 Å². The van der Waals surface area contributed by atoms with Gasteiger partial charge in [-0.1, -0.05) is 15.9 Å². The Labute approximate surface area is 124 Å². The highest BCUT2D eigenvalue weighted by Gasteiger charge is 2.43. The van der Waals surface area contributed by atoms with Crippen molar-refractivity contribution in [3.05, 3.63) is 32.8 Å². The maximum atomic E-state index is 11.4. The van der Waals surface area contributed by atoms with Gasteiger partial charge >= 0.3 is 11.7 Å². The normalized spacial score (nSPS) is 16.1. The summed E-state index contributed by atoms with van der Waals surface area (Å²) in [6.07, 6.45) is 2.42. The van der Waals surface area contributed by atoms with Crippen molar-refractivity contribution in [3.63, 3.8) is 0 Å². The van der Waals surface area contributed by atoms with Crippen molar-refractivity contribution in [2.24, 2.45) is 0 Å². The standard InChI is InChI=1S/C13H14BrNO5/c1-19-12(16)8-13(5-2-6-13)20-11-4-3-9(14)7-10(11)15(17)18/h3-4,7H,2,5-6,8H2,1H3. The summed E-state index contributed by atoms with van der Waals surface area (Å²) in [6.45, 7) is 0. The Balaban J connectivity index is 2.24. The van der Waals surface area contributed by atoms with Gasteiger partial charge in [-0.25, -0.2) is 0 Å². The quantitative estimate of drug-likeness (QED) is 0.466. The van der Waals surface area contributed by atoms with Gasteiger partial charge in [0, 0.05) is 10.5 Å². The Bertz CT molecular complexity index is 542. The lowest BCUT2D eigenvalue weighted by Gasteiger charge is -2.40. The Morgan fingerprint density at radius 1 is 1.50 bits per heavy atom. The third kappa shape index (κ3) is 3.09. The molecule has 20 heavy (non-hydrogen) atoms. The molecule has 0 amide bonds. The lowest BCUT2D eigenvalue weighted by atomic mass is 9.77. The van der Waals surface area contributed by atoms with Gasteiger partial charge < -0.3 is 9.47 Å². The molecule has 108 valence electrons. The second-order valence-electron chi connectivity index (χ2n) is 4.76. The molecule has 6 nitrogen and oxygen atoms in total.